The van der Waals surface area contributed by atoms with Crippen LogP contribution in [0.25, 0.3) is 5.52 Å². The van der Waals surface area contributed by atoms with Crippen molar-refractivity contribution in [2.45, 2.75) is 26.7 Å². The van der Waals surface area contributed by atoms with Gasteiger partial charge in [-0.3, -0.25) is 4.79 Å². The van der Waals surface area contributed by atoms with Gasteiger partial charge in [0.05, 0.1) is 5.52 Å². The lowest BCUT2D eigenvalue weighted by Crippen LogP contribution is -1.96. The van der Waals surface area contributed by atoms with Crippen molar-refractivity contribution in [2.24, 2.45) is 0 Å². The summed E-state index contributed by atoms with van der Waals surface area (Å²) in [6, 6.07) is 3.97. The molecular formula is C12H14N2O. The van der Waals surface area contributed by atoms with E-state index in [1.165, 1.54) is 0 Å². The molecule has 0 radical (unpaired) electrons. The summed E-state index contributed by atoms with van der Waals surface area (Å²) in [6.07, 6.45) is 2.78. The number of carbonyl (C=O) groups is 1. The first kappa shape index (κ1) is 9.90. The molecule has 0 amide bonds. The fourth-order valence-electron chi connectivity index (χ4n) is 1.85. The lowest BCUT2D eigenvalue weighted by atomic mass is 10.2. The van der Waals surface area contributed by atoms with Crippen molar-refractivity contribution in [1.29, 1.82) is 0 Å². The van der Waals surface area contributed by atoms with Gasteiger partial charge in [-0.25, -0.2) is 4.98 Å². The van der Waals surface area contributed by atoms with Crippen LogP contribution in [-0.2, 0) is 0 Å². The Labute approximate surface area is 88.8 Å². The number of aldehydes is 1. The van der Waals surface area contributed by atoms with Gasteiger partial charge in [0.2, 0.25) is 0 Å². The zero-order valence-electron chi connectivity index (χ0n) is 9.19. The Morgan fingerprint density at radius 2 is 2.20 bits per heavy atom. The fraction of sp³-hybridized carbons (Fsp3) is 0.333. The summed E-state index contributed by atoms with van der Waals surface area (Å²) in [5, 5.41) is 0. The minimum Gasteiger partial charge on any atom is -0.302 e. The van der Waals surface area contributed by atoms with Gasteiger partial charge >= 0.3 is 0 Å². The van der Waals surface area contributed by atoms with Crippen molar-refractivity contribution in [1.82, 2.24) is 9.38 Å². The zero-order chi connectivity index (χ0) is 11.0. The van der Waals surface area contributed by atoms with Gasteiger partial charge in [-0.1, -0.05) is 19.9 Å². The molecule has 0 saturated carbocycles. The fourth-order valence-corrected chi connectivity index (χ4v) is 1.85. The van der Waals surface area contributed by atoms with Crippen molar-refractivity contribution in [3.05, 3.63) is 35.4 Å². The van der Waals surface area contributed by atoms with E-state index in [2.05, 4.69) is 18.8 Å². The molecule has 0 aliphatic heterocycles. The summed E-state index contributed by atoms with van der Waals surface area (Å²) in [5.41, 5.74) is 2.55. The molecule has 2 rings (SSSR count). The Hall–Kier alpha value is -1.64. The quantitative estimate of drug-likeness (QED) is 0.701. The molecule has 0 bridgehead atoms. The Balaban J connectivity index is 2.87. The van der Waals surface area contributed by atoms with Crippen molar-refractivity contribution in [3.8, 4) is 0 Å². The normalized spacial score (nSPS) is 11.2. The second-order valence-corrected chi connectivity index (χ2v) is 4.04. The van der Waals surface area contributed by atoms with Crippen LogP contribution in [0.3, 0.4) is 0 Å². The number of hydrogen-bond donors (Lipinski definition) is 0. The predicted octanol–water partition coefficient (Wildman–Crippen LogP) is 2.58. The average molecular weight is 202 g/mol. The summed E-state index contributed by atoms with van der Waals surface area (Å²) in [6.45, 7) is 6.14. The van der Waals surface area contributed by atoms with E-state index in [-0.39, 0.29) is 0 Å². The Morgan fingerprint density at radius 3 is 2.80 bits per heavy atom. The Kier molecular flexibility index (Phi) is 2.31. The summed E-state index contributed by atoms with van der Waals surface area (Å²) in [5.74, 6) is 1.25. The Morgan fingerprint density at radius 1 is 1.47 bits per heavy atom. The maximum atomic E-state index is 10.9. The average Bonchev–Trinajstić information content (AvgIpc) is 2.58. The number of pyridine rings is 1. The number of aromatic nitrogens is 2. The van der Waals surface area contributed by atoms with Crippen LogP contribution in [0.5, 0.6) is 0 Å². The summed E-state index contributed by atoms with van der Waals surface area (Å²) >= 11 is 0. The van der Waals surface area contributed by atoms with Gasteiger partial charge in [0.25, 0.3) is 0 Å². The number of aryl methyl sites for hydroxylation is 1. The van der Waals surface area contributed by atoms with E-state index >= 15 is 0 Å². The van der Waals surface area contributed by atoms with Crippen LogP contribution in [0.1, 0.15) is 41.6 Å². The van der Waals surface area contributed by atoms with Crippen LogP contribution in [-0.4, -0.2) is 15.7 Å². The van der Waals surface area contributed by atoms with E-state index in [1.807, 2.05) is 29.7 Å². The van der Waals surface area contributed by atoms with Gasteiger partial charge in [0, 0.05) is 12.1 Å². The van der Waals surface area contributed by atoms with Gasteiger partial charge < -0.3 is 4.40 Å². The largest absolute Gasteiger partial charge is 0.302 e. The first-order chi connectivity index (χ1) is 7.15. The topological polar surface area (TPSA) is 34.4 Å². The molecule has 0 aromatic carbocycles. The molecule has 0 fully saturated rings. The smallest absolute Gasteiger partial charge is 0.170 e. The molecule has 0 N–H and O–H groups in total. The molecule has 3 heteroatoms. The maximum Gasteiger partial charge on any atom is 0.170 e. The molecule has 0 saturated heterocycles. The van der Waals surface area contributed by atoms with E-state index in [4.69, 9.17) is 0 Å². The lowest BCUT2D eigenvalue weighted by molar-refractivity contribution is 0.112. The monoisotopic (exact) mass is 202 g/mol. The van der Waals surface area contributed by atoms with Gasteiger partial charge in [0.1, 0.15) is 11.5 Å². The first-order valence-electron chi connectivity index (χ1n) is 5.08. The number of nitrogens with zero attached hydrogens (tertiary/aromatic N) is 2. The van der Waals surface area contributed by atoms with Crippen molar-refractivity contribution < 1.29 is 4.79 Å². The molecule has 78 valence electrons. The van der Waals surface area contributed by atoms with Gasteiger partial charge in [-0.2, -0.15) is 0 Å². The van der Waals surface area contributed by atoms with Gasteiger partial charge in [0.15, 0.2) is 6.29 Å². The predicted molar refractivity (Wildman–Crippen MR) is 59.4 cm³/mol. The third-order valence-electron chi connectivity index (χ3n) is 2.55. The second kappa shape index (κ2) is 3.50. The third-order valence-corrected chi connectivity index (χ3v) is 2.55. The van der Waals surface area contributed by atoms with E-state index in [9.17, 15) is 4.79 Å². The van der Waals surface area contributed by atoms with E-state index < -0.39 is 0 Å². The van der Waals surface area contributed by atoms with E-state index in [1.54, 1.807) is 0 Å². The van der Waals surface area contributed by atoms with Crippen LogP contribution in [0.15, 0.2) is 18.3 Å². The summed E-state index contributed by atoms with van der Waals surface area (Å²) in [7, 11) is 0. The standard InChI is InChI=1S/C12H14N2O/c1-8(2)12-13-10(7-15)11-9(3)5-4-6-14(11)12/h4-8H,1-3H3. The van der Waals surface area contributed by atoms with Gasteiger partial charge in [-0.05, 0) is 18.6 Å². The molecule has 3 nitrogen and oxygen atoms in total. The highest BCUT2D eigenvalue weighted by atomic mass is 16.1. The van der Waals surface area contributed by atoms with E-state index in [0.29, 0.717) is 11.6 Å². The summed E-state index contributed by atoms with van der Waals surface area (Å²) in [4.78, 5) is 15.3. The minimum absolute atomic E-state index is 0.313. The van der Waals surface area contributed by atoms with Crippen molar-refractivity contribution >= 4 is 11.8 Å². The van der Waals surface area contributed by atoms with Crippen LogP contribution >= 0.6 is 0 Å². The molecule has 0 aliphatic rings. The highest BCUT2D eigenvalue weighted by molar-refractivity contribution is 5.85. The second-order valence-electron chi connectivity index (χ2n) is 4.04. The highest BCUT2D eigenvalue weighted by Gasteiger charge is 2.13. The molecule has 0 unspecified atom stereocenters. The number of rotatable bonds is 2. The van der Waals surface area contributed by atoms with Crippen molar-refractivity contribution in [2.75, 3.05) is 0 Å². The van der Waals surface area contributed by atoms with Crippen LogP contribution in [0, 0.1) is 6.92 Å². The Bertz CT molecular complexity index is 512. The highest BCUT2D eigenvalue weighted by Crippen LogP contribution is 2.20. The number of fused-ring (bicyclic) bond motifs is 1. The SMILES string of the molecule is Cc1cccn2c(C(C)C)nc(C=O)c12. The minimum atomic E-state index is 0.313. The van der Waals surface area contributed by atoms with Crippen LogP contribution in [0.4, 0.5) is 0 Å². The van der Waals surface area contributed by atoms with E-state index in [0.717, 1.165) is 23.2 Å². The van der Waals surface area contributed by atoms with Crippen LogP contribution < -0.4 is 0 Å². The number of hydrogen-bond acceptors (Lipinski definition) is 2. The number of carbonyl (C=O) groups excluding carboxylic acids is 1. The molecule has 0 spiro atoms. The molecule has 2 aromatic heterocycles. The molecule has 0 aliphatic carbocycles. The van der Waals surface area contributed by atoms with Crippen LogP contribution in [0.2, 0.25) is 0 Å². The summed E-state index contributed by atoms with van der Waals surface area (Å²) < 4.78 is 2.00. The molecule has 2 aromatic rings. The van der Waals surface area contributed by atoms with Crippen molar-refractivity contribution in [3.63, 3.8) is 0 Å². The zero-order valence-corrected chi connectivity index (χ0v) is 9.19. The first-order valence-corrected chi connectivity index (χ1v) is 5.08. The third kappa shape index (κ3) is 1.44. The van der Waals surface area contributed by atoms with Gasteiger partial charge in [-0.15, -0.1) is 0 Å². The molecular weight excluding hydrogens is 188 g/mol. The maximum absolute atomic E-state index is 10.9. The number of imidazole rings is 1. The molecule has 0 atom stereocenters. The molecule has 15 heavy (non-hydrogen) atoms. The lowest BCUT2D eigenvalue weighted by Gasteiger charge is -2.04. The molecule has 2 heterocycles.